The van der Waals surface area contributed by atoms with E-state index in [9.17, 15) is 41.2 Å². The smallest absolute Gasteiger partial charge is 0.871 e. The average molecular weight is 526 g/mol. The monoisotopic (exact) mass is 526 g/mol. The Morgan fingerprint density at radius 3 is 2.09 bits per heavy atom. The number of anilines is 1. The zero-order valence-electron chi connectivity index (χ0n) is 17.9. The summed E-state index contributed by atoms with van der Waals surface area (Å²) in [5.41, 5.74) is 4.33. The molecule has 3 aromatic rings. The second-order valence-electron chi connectivity index (χ2n) is 6.52. The van der Waals surface area contributed by atoms with Gasteiger partial charge in [-0.3, -0.25) is 14.7 Å². The largest absolute Gasteiger partial charge is 1.00 e. The van der Waals surface area contributed by atoms with E-state index in [1.807, 2.05) is 0 Å². The van der Waals surface area contributed by atoms with Crippen LogP contribution in [0.5, 0.6) is 5.75 Å². The summed E-state index contributed by atoms with van der Waals surface area (Å²) >= 11 is 0. The molecule has 0 aliphatic heterocycles. The van der Waals surface area contributed by atoms with Crippen molar-refractivity contribution in [3.05, 3.63) is 52.1 Å². The van der Waals surface area contributed by atoms with Crippen LogP contribution in [0.1, 0.15) is 5.56 Å². The van der Waals surface area contributed by atoms with Gasteiger partial charge in [0.05, 0.1) is 26.9 Å². The molecule has 0 unspecified atom stereocenters. The summed E-state index contributed by atoms with van der Waals surface area (Å²) in [4.78, 5) is 8.33. The van der Waals surface area contributed by atoms with E-state index < -0.39 is 52.1 Å². The number of azo groups is 1. The van der Waals surface area contributed by atoms with Crippen LogP contribution in [0, 0.1) is 17.0 Å². The second-order valence-corrected chi connectivity index (χ2v) is 9.26. The van der Waals surface area contributed by atoms with E-state index in [1.54, 1.807) is 0 Å². The molecule has 0 aromatic heterocycles. The maximum absolute atomic E-state index is 12.8. The standard InChI is InChI=1S/C17H14N4O9S2.2Na/c1-8-4-10(21(23)24)2-3-13(8)19-20-16-15(32(28,29)30)6-9-5-14(31(25,26)27)12(18)7-11(9)17(16)22;;/h2-7,22H,18H2,1H3,(H,25,26,27)(H,28,29,30);;/q;2*+1/p-2. The molecular weight excluding hydrogens is 514 g/mol. The molecule has 3 aromatic carbocycles. The molecule has 3 rings (SSSR count). The van der Waals surface area contributed by atoms with Crippen molar-refractivity contribution in [1.29, 1.82) is 0 Å². The van der Waals surface area contributed by atoms with Crippen molar-refractivity contribution in [2.75, 3.05) is 5.73 Å². The van der Waals surface area contributed by atoms with Gasteiger partial charge < -0.3 is 15.4 Å². The zero-order chi connectivity index (χ0) is 24.0. The molecule has 0 bridgehead atoms. The van der Waals surface area contributed by atoms with Gasteiger partial charge in [0.15, 0.2) is 0 Å². The molecule has 3 N–H and O–H groups in total. The first-order chi connectivity index (χ1) is 14.7. The van der Waals surface area contributed by atoms with Crippen molar-refractivity contribution >= 4 is 53.8 Å². The van der Waals surface area contributed by atoms with Gasteiger partial charge in [-0.1, -0.05) is 5.75 Å². The summed E-state index contributed by atoms with van der Waals surface area (Å²) in [6, 6.07) is 5.85. The Morgan fingerprint density at radius 2 is 1.59 bits per heavy atom. The van der Waals surface area contributed by atoms with Gasteiger partial charge in [-0.15, -0.1) is 5.11 Å². The van der Waals surface area contributed by atoms with Crippen molar-refractivity contribution in [2.45, 2.75) is 16.7 Å². The van der Waals surface area contributed by atoms with Gasteiger partial charge in [-0.05, 0) is 47.5 Å². The van der Waals surface area contributed by atoms with Crippen LogP contribution in [0.3, 0.4) is 0 Å². The molecule has 0 aliphatic carbocycles. The minimum absolute atomic E-state index is 0. The van der Waals surface area contributed by atoms with Crippen molar-refractivity contribution in [2.24, 2.45) is 10.2 Å². The first-order valence-electron chi connectivity index (χ1n) is 8.37. The number of nitrogens with two attached hydrogens (primary N) is 1. The number of aryl methyl sites for hydroxylation is 1. The summed E-state index contributed by atoms with van der Waals surface area (Å²) in [7, 11) is -10.1. The first kappa shape index (κ1) is 30.4. The Morgan fingerprint density at radius 1 is 1.00 bits per heavy atom. The van der Waals surface area contributed by atoms with Gasteiger partial charge in [0.2, 0.25) is 0 Å². The van der Waals surface area contributed by atoms with Gasteiger partial charge >= 0.3 is 59.1 Å². The number of hydrogen-bond acceptors (Lipinski definition) is 11. The summed E-state index contributed by atoms with van der Waals surface area (Å²) in [5.74, 6) is -1.09. The van der Waals surface area contributed by atoms with Crippen LogP contribution in [0.15, 0.2) is 56.4 Å². The van der Waals surface area contributed by atoms with Gasteiger partial charge in [0, 0.05) is 12.1 Å². The van der Waals surface area contributed by atoms with Gasteiger partial charge in [0.1, 0.15) is 15.0 Å². The van der Waals surface area contributed by atoms with E-state index in [1.165, 1.54) is 19.1 Å². The number of nitro groups is 1. The number of rotatable bonds is 5. The minimum Gasteiger partial charge on any atom is -0.871 e. The Kier molecular flexibility index (Phi) is 9.78. The van der Waals surface area contributed by atoms with Crippen LogP contribution >= 0.6 is 0 Å². The Bertz CT molecular complexity index is 1540. The number of fused-ring (bicyclic) bond motifs is 1. The van der Waals surface area contributed by atoms with Crippen molar-refractivity contribution in [3.8, 4) is 5.75 Å². The van der Waals surface area contributed by atoms with E-state index in [0.29, 0.717) is 6.07 Å². The fourth-order valence-electron chi connectivity index (χ4n) is 2.86. The van der Waals surface area contributed by atoms with Crippen molar-refractivity contribution in [3.63, 3.8) is 0 Å². The Hall–Kier alpha value is -1.66. The molecule has 13 nitrogen and oxygen atoms in total. The third-order valence-electron chi connectivity index (χ3n) is 4.36. The van der Waals surface area contributed by atoms with Crippen molar-refractivity contribution < 1.29 is 95.1 Å². The third kappa shape index (κ3) is 6.31. The molecule has 0 heterocycles. The van der Waals surface area contributed by atoms with Crippen LogP contribution in [-0.4, -0.2) is 30.9 Å². The molecule has 0 saturated carbocycles. The SMILES string of the molecule is Cc1cc([N+](=O)[O-])ccc1N=Nc1c(S(=O)(=O)[O-])cc2cc(S(=O)(=O)O)c(N)cc2c1[O-].[Na+].[Na+]. The second kappa shape index (κ2) is 10.9. The Balaban J connectivity index is 0.00000289. The normalized spacial score (nSPS) is 11.7. The molecule has 0 fully saturated rings. The van der Waals surface area contributed by atoms with Crippen LogP contribution in [0.4, 0.5) is 22.7 Å². The number of nitro benzene ring substituents is 1. The van der Waals surface area contributed by atoms with Crippen LogP contribution in [0.2, 0.25) is 0 Å². The molecule has 0 atom stereocenters. The summed E-state index contributed by atoms with van der Waals surface area (Å²) in [5, 5.41) is 30.4. The van der Waals surface area contributed by atoms with E-state index in [-0.39, 0.29) is 86.8 Å². The fourth-order valence-corrected chi connectivity index (χ4v) is 4.13. The molecule has 0 amide bonds. The quantitative estimate of drug-likeness (QED) is 0.0825. The van der Waals surface area contributed by atoms with Gasteiger partial charge in [0.25, 0.3) is 15.8 Å². The predicted octanol–water partition coefficient (Wildman–Crippen LogP) is -3.71. The van der Waals surface area contributed by atoms with E-state index >= 15 is 0 Å². The van der Waals surface area contributed by atoms with Gasteiger partial charge in [-0.2, -0.15) is 13.5 Å². The molecule has 0 radical (unpaired) electrons. The number of non-ortho nitro benzene ring substituents is 1. The summed E-state index contributed by atoms with van der Waals surface area (Å²) < 4.78 is 67.3. The maximum Gasteiger partial charge on any atom is 1.00 e. The summed E-state index contributed by atoms with van der Waals surface area (Å²) in [6.07, 6.45) is 0. The zero-order valence-corrected chi connectivity index (χ0v) is 23.5. The molecule has 168 valence electrons. The number of hydrogen-bond donors (Lipinski definition) is 2. The van der Waals surface area contributed by atoms with E-state index in [2.05, 4.69) is 10.2 Å². The number of benzene rings is 3. The molecule has 0 aliphatic rings. The first-order valence-corrected chi connectivity index (χ1v) is 11.2. The average Bonchev–Trinajstić information content (AvgIpc) is 2.66. The Labute approximate surface area is 237 Å². The predicted molar refractivity (Wildman–Crippen MR) is 108 cm³/mol. The molecule has 0 spiro atoms. The maximum atomic E-state index is 12.8. The molecule has 0 saturated heterocycles. The van der Waals surface area contributed by atoms with Crippen molar-refractivity contribution in [1.82, 2.24) is 0 Å². The molecular formula is C17H12N4Na2O9S2. The van der Waals surface area contributed by atoms with Crippen LogP contribution in [-0.2, 0) is 20.2 Å². The molecule has 34 heavy (non-hydrogen) atoms. The van der Waals surface area contributed by atoms with Crippen LogP contribution < -0.4 is 70.0 Å². The van der Waals surface area contributed by atoms with Gasteiger partial charge in [-0.25, -0.2) is 8.42 Å². The fraction of sp³-hybridized carbons (Fsp3) is 0.0588. The number of nitrogens with zero attached hydrogens (tertiary/aromatic N) is 3. The third-order valence-corrected chi connectivity index (χ3v) is 6.12. The van der Waals surface area contributed by atoms with E-state index in [4.69, 9.17) is 5.73 Å². The molecule has 17 heteroatoms. The topological polar surface area (TPSA) is 229 Å². The number of nitrogen functional groups attached to an aromatic ring is 1. The minimum atomic E-state index is -5.27. The van der Waals surface area contributed by atoms with E-state index in [0.717, 1.165) is 18.2 Å². The van der Waals surface area contributed by atoms with Crippen LogP contribution in [0.25, 0.3) is 10.8 Å². The summed E-state index contributed by atoms with van der Waals surface area (Å²) in [6.45, 7) is 1.46.